The SMILES string of the molecule is CCN1CCN(c2ncc(C(=O)N3CCCC3)c(C)n2)CC1. The summed E-state index contributed by atoms with van der Waals surface area (Å²) in [6.45, 7) is 10.9. The van der Waals surface area contributed by atoms with E-state index < -0.39 is 0 Å². The quantitative estimate of drug-likeness (QED) is 0.839. The van der Waals surface area contributed by atoms with Crippen LogP contribution >= 0.6 is 0 Å². The number of carbonyl (C=O) groups is 1. The first-order valence-electron chi connectivity index (χ1n) is 8.29. The van der Waals surface area contributed by atoms with E-state index in [0.717, 1.165) is 70.3 Å². The van der Waals surface area contributed by atoms with Crippen LogP contribution in [-0.4, -0.2) is 71.5 Å². The lowest BCUT2D eigenvalue weighted by Crippen LogP contribution is -2.46. The average molecular weight is 303 g/mol. The standard InChI is InChI=1S/C16H25N5O/c1-3-19-8-10-21(11-9-19)16-17-12-14(13(2)18-16)15(22)20-6-4-5-7-20/h12H,3-11H2,1-2H3. The normalized spacial score (nSPS) is 19.7. The van der Waals surface area contributed by atoms with Crippen LogP contribution in [0.15, 0.2) is 6.20 Å². The molecule has 6 nitrogen and oxygen atoms in total. The summed E-state index contributed by atoms with van der Waals surface area (Å²) in [6.07, 6.45) is 3.92. The van der Waals surface area contributed by atoms with Crippen molar-refractivity contribution in [3.05, 3.63) is 17.5 Å². The third-order valence-corrected chi connectivity index (χ3v) is 4.69. The molecule has 3 heterocycles. The maximum Gasteiger partial charge on any atom is 0.257 e. The number of nitrogens with zero attached hydrogens (tertiary/aromatic N) is 5. The van der Waals surface area contributed by atoms with Gasteiger partial charge in [0.1, 0.15) is 0 Å². The van der Waals surface area contributed by atoms with E-state index in [0.29, 0.717) is 5.56 Å². The van der Waals surface area contributed by atoms with E-state index in [4.69, 9.17) is 0 Å². The van der Waals surface area contributed by atoms with E-state index in [1.807, 2.05) is 11.8 Å². The Kier molecular flexibility index (Phi) is 4.57. The first-order valence-corrected chi connectivity index (χ1v) is 8.29. The molecule has 2 aliphatic heterocycles. The van der Waals surface area contributed by atoms with Crippen LogP contribution < -0.4 is 4.90 Å². The van der Waals surface area contributed by atoms with Crippen molar-refractivity contribution in [2.24, 2.45) is 0 Å². The molecule has 0 aromatic carbocycles. The van der Waals surface area contributed by atoms with Gasteiger partial charge in [-0.25, -0.2) is 9.97 Å². The van der Waals surface area contributed by atoms with Gasteiger partial charge in [-0.05, 0) is 26.3 Å². The van der Waals surface area contributed by atoms with Crippen LogP contribution in [-0.2, 0) is 0 Å². The van der Waals surface area contributed by atoms with Crippen LogP contribution in [0.25, 0.3) is 0 Å². The Bertz CT molecular complexity index is 533. The summed E-state index contributed by atoms with van der Waals surface area (Å²) in [5.41, 5.74) is 1.44. The second-order valence-corrected chi connectivity index (χ2v) is 6.09. The van der Waals surface area contributed by atoms with Gasteiger partial charge in [0, 0.05) is 45.5 Å². The molecule has 0 saturated carbocycles. The molecule has 2 aliphatic rings. The Hall–Kier alpha value is -1.69. The molecule has 0 spiro atoms. The molecule has 22 heavy (non-hydrogen) atoms. The summed E-state index contributed by atoms with van der Waals surface area (Å²) in [5.74, 6) is 0.837. The van der Waals surface area contributed by atoms with Crippen molar-refractivity contribution in [1.82, 2.24) is 19.8 Å². The van der Waals surface area contributed by atoms with Gasteiger partial charge < -0.3 is 14.7 Å². The number of likely N-dealkylation sites (tertiary alicyclic amines) is 1. The number of aromatic nitrogens is 2. The number of rotatable bonds is 3. The Morgan fingerprint density at radius 3 is 2.41 bits per heavy atom. The van der Waals surface area contributed by atoms with Gasteiger partial charge in [-0.15, -0.1) is 0 Å². The fourth-order valence-corrected chi connectivity index (χ4v) is 3.17. The lowest BCUT2D eigenvalue weighted by atomic mass is 10.2. The molecule has 0 bridgehead atoms. The first-order chi connectivity index (χ1) is 10.7. The molecule has 6 heteroatoms. The fourth-order valence-electron chi connectivity index (χ4n) is 3.17. The molecule has 120 valence electrons. The molecule has 2 fully saturated rings. The van der Waals surface area contributed by atoms with E-state index in [2.05, 4.69) is 26.7 Å². The van der Waals surface area contributed by atoms with E-state index >= 15 is 0 Å². The molecule has 2 saturated heterocycles. The summed E-state index contributed by atoms with van der Waals surface area (Å²) >= 11 is 0. The van der Waals surface area contributed by atoms with Gasteiger partial charge in [0.2, 0.25) is 5.95 Å². The van der Waals surface area contributed by atoms with Crippen LogP contribution in [0.1, 0.15) is 35.8 Å². The number of piperazine rings is 1. The third-order valence-electron chi connectivity index (χ3n) is 4.69. The van der Waals surface area contributed by atoms with Crippen molar-refractivity contribution >= 4 is 11.9 Å². The number of hydrogen-bond acceptors (Lipinski definition) is 5. The molecule has 3 rings (SSSR count). The summed E-state index contributed by atoms with van der Waals surface area (Å²) in [6, 6.07) is 0. The van der Waals surface area contributed by atoms with Gasteiger partial charge in [-0.1, -0.05) is 6.92 Å². The lowest BCUT2D eigenvalue weighted by molar-refractivity contribution is 0.0791. The highest BCUT2D eigenvalue weighted by Crippen LogP contribution is 2.17. The Morgan fingerprint density at radius 1 is 1.14 bits per heavy atom. The van der Waals surface area contributed by atoms with Crippen LogP contribution in [0.2, 0.25) is 0 Å². The molecule has 0 aliphatic carbocycles. The van der Waals surface area contributed by atoms with Gasteiger partial charge in [0.05, 0.1) is 11.3 Å². The van der Waals surface area contributed by atoms with Gasteiger partial charge in [0.25, 0.3) is 5.91 Å². The monoisotopic (exact) mass is 303 g/mol. The number of hydrogen-bond donors (Lipinski definition) is 0. The minimum atomic E-state index is 0.0809. The zero-order valence-corrected chi connectivity index (χ0v) is 13.6. The van der Waals surface area contributed by atoms with Crippen LogP contribution in [0.5, 0.6) is 0 Å². The van der Waals surface area contributed by atoms with Crippen molar-refractivity contribution in [3.63, 3.8) is 0 Å². The van der Waals surface area contributed by atoms with Crippen molar-refractivity contribution < 1.29 is 4.79 Å². The Morgan fingerprint density at radius 2 is 1.82 bits per heavy atom. The summed E-state index contributed by atoms with van der Waals surface area (Å²) in [4.78, 5) is 28.1. The molecule has 1 aromatic heterocycles. The summed E-state index contributed by atoms with van der Waals surface area (Å²) < 4.78 is 0. The maximum atomic E-state index is 12.5. The predicted molar refractivity (Wildman–Crippen MR) is 86.2 cm³/mol. The van der Waals surface area contributed by atoms with Crippen molar-refractivity contribution in [1.29, 1.82) is 0 Å². The predicted octanol–water partition coefficient (Wildman–Crippen LogP) is 1.16. The first kappa shape index (κ1) is 15.2. The number of anilines is 1. The van der Waals surface area contributed by atoms with Crippen molar-refractivity contribution in [2.45, 2.75) is 26.7 Å². The molecule has 0 atom stereocenters. The molecular formula is C16H25N5O. The zero-order valence-electron chi connectivity index (χ0n) is 13.6. The van der Waals surface area contributed by atoms with E-state index in [-0.39, 0.29) is 5.91 Å². The van der Waals surface area contributed by atoms with Gasteiger partial charge in [-0.3, -0.25) is 4.79 Å². The maximum absolute atomic E-state index is 12.5. The van der Waals surface area contributed by atoms with Gasteiger partial charge >= 0.3 is 0 Å². The smallest absolute Gasteiger partial charge is 0.257 e. The number of amides is 1. The number of likely N-dealkylation sites (N-methyl/N-ethyl adjacent to an activating group) is 1. The number of carbonyl (C=O) groups excluding carboxylic acids is 1. The topological polar surface area (TPSA) is 52.6 Å². The summed E-state index contributed by atoms with van der Waals surface area (Å²) in [7, 11) is 0. The molecule has 0 N–H and O–H groups in total. The summed E-state index contributed by atoms with van der Waals surface area (Å²) in [5, 5.41) is 0. The van der Waals surface area contributed by atoms with Gasteiger partial charge in [0.15, 0.2) is 0 Å². The van der Waals surface area contributed by atoms with E-state index in [9.17, 15) is 4.79 Å². The largest absolute Gasteiger partial charge is 0.339 e. The van der Waals surface area contributed by atoms with Crippen LogP contribution in [0, 0.1) is 6.92 Å². The molecule has 0 unspecified atom stereocenters. The van der Waals surface area contributed by atoms with Gasteiger partial charge in [-0.2, -0.15) is 0 Å². The Balaban J connectivity index is 1.71. The second-order valence-electron chi connectivity index (χ2n) is 6.09. The van der Waals surface area contributed by atoms with Crippen molar-refractivity contribution in [3.8, 4) is 0 Å². The average Bonchev–Trinajstić information content (AvgIpc) is 3.09. The molecular weight excluding hydrogens is 278 g/mol. The second kappa shape index (κ2) is 6.60. The highest BCUT2D eigenvalue weighted by molar-refractivity contribution is 5.95. The zero-order chi connectivity index (χ0) is 15.5. The van der Waals surface area contributed by atoms with E-state index in [1.54, 1.807) is 6.20 Å². The molecule has 0 radical (unpaired) electrons. The highest BCUT2D eigenvalue weighted by atomic mass is 16.2. The number of aryl methyl sites for hydroxylation is 1. The molecule has 1 amide bonds. The van der Waals surface area contributed by atoms with E-state index in [1.165, 1.54) is 0 Å². The highest BCUT2D eigenvalue weighted by Gasteiger charge is 2.23. The van der Waals surface area contributed by atoms with Crippen LogP contribution in [0.3, 0.4) is 0 Å². The minimum absolute atomic E-state index is 0.0809. The minimum Gasteiger partial charge on any atom is -0.339 e. The fraction of sp³-hybridized carbons (Fsp3) is 0.688. The van der Waals surface area contributed by atoms with Crippen LogP contribution in [0.4, 0.5) is 5.95 Å². The van der Waals surface area contributed by atoms with Crippen molar-refractivity contribution in [2.75, 3.05) is 50.7 Å². The third kappa shape index (κ3) is 3.06. The molecule has 1 aromatic rings. The Labute approximate surface area is 132 Å². The lowest BCUT2D eigenvalue weighted by Gasteiger charge is -2.34.